The van der Waals surface area contributed by atoms with Crippen LogP contribution in [0.5, 0.6) is 0 Å². The maximum absolute atomic E-state index is 4.77. The summed E-state index contributed by atoms with van der Waals surface area (Å²) in [7, 11) is 2.14. The standard InChI is InChI=1S/C16H27N3/c1-12(16(2,3)4)19(5)15-8-6-7-14(18-15)11-17-13-9-10-13/h6-8,12-13,17H,9-11H2,1-5H3. The van der Waals surface area contributed by atoms with E-state index in [2.05, 4.69) is 63.2 Å². The average molecular weight is 261 g/mol. The zero-order chi connectivity index (χ0) is 14.0. The number of hydrogen-bond donors (Lipinski definition) is 1. The molecule has 1 N–H and O–H groups in total. The smallest absolute Gasteiger partial charge is 0.128 e. The number of nitrogens with one attached hydrogen (secondary N) is 1. The lowest BCUT2D eigenvalue weighted by Gasteiger charge is -2.36. The molecule has 0 aromatic carbocycles. The topological polar surface area (TPSA) is 28.2 Å². The summed E-state index contributed by atoms with van der Waals surface area (Å²) < 4.78 is 0. The van der Waals surface area contributed by atoms with Crippen LogP contribution in [0.4, 0.5) is 5.82 Å². The van der Waals surface area contributed by atoms with E-state index in [0.29, 0.717) is 6.04 Å². The van der Waals surface area contributed by atoms with E-state index < -0.39 is 0 Å². The van der Waals surface area contributed by atoms with Crippen molar-refractivity contribution < 1.29 is 0 Å². The van der Waals surface area contributed by atoms with Crippen LogP contribution in [-0.2, 0) is 6.54 Å². The van der Waals surface area contributed by atoms with Gasteiger partial charge in [0.15, 0.2) is 0 Å². The van der Waals surface area contributed by atoms with E-state index >= 15 is 0 Å². The van der Waals surface area contributed by atoms with Crippen molar-refractivity contribution in [1.29, 1.82) is 0 Å². The molecule has 1 aromatic heterocycles. The van der Waals surface area contributed by atoms with Crippen LogP contribution >= 0.6 is 0 Å². The van der Waals surface area contributed by atoms with Gasteiger partial charge in [0.1, 0.15) is 5.82 Å². The minimum Gasteiger partial charge on any atom is -0.356 e. The maximum Gasteiger partial charge on any atom is 0.128 e. The quantitative estimate of drug-likeness (QED) is 0.882. The summed E-state index contributed by atoms with van der Waals surface area (Å²) in [6.07, 6.45) is 2.64. The summed E-state index contributed by atoms with van der Waals surface area (Å²) in [5.74, 6) is 1.07. The van der Waals surface area contributed by atoms with Gasteiger partial charge in [-0.05, 0) is 37.3 Å². The van der Waals surface area contributed by atoms with E-state index in [1.54, 1.807) is 0 Å². The van der Waals surface area contributed by atoms with Gasteiger partial charge in [0.2, 0.25) is 0 Å². The molecule has 1 aromatic rings. The highest BCUT2D eigenvalue weighted by atomic mass is 15.2. The largest absolute Gasteiger partial charge is 0.356 e. The van der Waals surface area contributed by atoms with Gasteiger partial charge in [-0.1, -0.05) is 26.8 Å². The van der Waals surface area contributed by atoms with E-state index in [9.17, 15) is 0 Å². The Morgan fingerprint density at radius 3 is 2.63 bits per heavy atom. The molecule has 0 bridgehead atoms. The second kappa shape index (κ2) is 5.49. The number of anilines is 1. The number of aromatic nitrogens is 1. The molecular formula is C16H27N3. The summed E-state index contributed by atoms with van der Waals surface area (Å²) in [6.45, 7) is 9.96. The van der Waals surface area contributed by atoms with Crippen LogP contribution in [0.25, 0.3) is 0 Å². The fourth-order valence-electron chi connectivity index (χ4n) is 2.08. The monoisotopic (exact) mass is 261 g/mol. The van der Waals surface area contributed by atoms with E-state index in [1.807, 2.05) is 0 Å². The van der Waals surface area contributed by atoms with Gasteiger partial charge in [-0.15, -0.1) is 0 Å². The first-order valence-corrected chi connectivity index (χ1v) is 7.30. The van der Waals surface area contributed by atoms with Crippen molar-refractivity contribution in [3.05, 3.63) is 23.9 Å². The van der Waals surface area contributed by atoms with Gasteiger partial charge in [-0.3, -0.25) is 0 Å². The first kappa shape index (κ1) is 14.3. The third kappa shape index (κ3) is 3.93. The maximum atomic E-state index is 4.77. The molecule has 0 aliphatic heterocycles. The Balaban J connectivity index is 2.04. The van der Waals surface area contributed by atoms with Crippen molar-refractivity contribution in [2.75, 3.05) is 11.9 Å². The molecule has 1 saturated carbocycles. The van der Waals surface area contributed by atoms with Crippen LogP contribution in [0, 0.1) is 5.41 Å². The van der Waals surface area contributed by atoms with Crippen molar-refractivity contribution in [3.63, 3.8) is 0 Å². The molecule has 0 saturated heterocycles. The number of hydrogen-bond acceptors (Lipinski definition) is 3. The summed E-state index contributed by atoms with van der Waals surface area (Å²) in [5, 5.41) is 3.52. The van der Waals surface area contributed by atoms with Gasteiger partial charge < -0.3 is 10.2 Å². The Hall–Kier alpha value is -1.09. The van der Waals surface area contributed by atoms with Crippen LogP contribution in [0.3, 0.4) is 0 Å². The van der Waals surface area contributed by atoms with E-state index in [0.717, 1.165) is 24.1 Å². The predicted octanol–water partition coefficient (Wildman–Crippen LogP) is 3.20. The van der Waals surface area contributed by atoms with Crippen molar-refractivity contribution >= 4 is 5.82 Å². The summed E-state index contributed by atoms with van der Waals surface area (Å²) in [6, 6.07) is 7.50. The van der Waals surface area contributed by atoms with Gasteiger partial charge in [0, 0.05) is 25.7 Å². The first-order chi connectivity index (χ1) is 8.88. The van der Waals surface area contributed by atoms with Crippen molar-refractivity contribution in [3.8, 4) is 0 Å². The van der Waals surface area contributed by atoms with Crippen LogP contribution in [0.1, 0.15) is 46.2 Å². The molecule has 3 nitrogen and oxygen atoms in total. The fourth-order valence-corrected chi connectivity index (χ4v) is 2.08. The molecule has 1 unspecified atom stereocenters. The summed E-state index contributed by atoms with van der Waals surface area (Å²) in [4.78, 5) is 7.05. The fraction of sp³-hybridized carbons (Fsp3) is 0.688. The Labute approximate surface area is 117 Å². The minimum absolute atomic E-state index is 0.249. The molecule has 19 heavy (non-hydrogen) atoms. The number of rotatable bonds is 5. The van der Waals surface area contributed by atoms with E-state index in [4.69, 9.17) is 4.98 Å². The molecule has 1 heterocycles. The highest BCUT2D eigenvalue weighted by Crippen LogP contribution is 2.26. The molecule has 1 aliphatic carbocycles. The predicted molar refractivity (Wildman–Crippen MR) is 81.4 cm³/mol. The van der Waals surface area contributed by atoms with Crippen LogP contribution in [0.2, 0.25) is 0 Å². The molecule has 1 aliphatic rings. The molecule has 1 atom stereocenters. The van der Waals surface area contributed by atoms with Gasteiger partial charge in [0.05, 0.1) is 5.69 Å². The second-order valence-electron chi connectivity index (χ2n) is 6.80. The Kier molecular flexibility index (Phi) is 4.14. The molecule has 3 heteroatoms. The number of pyridine rings is 1. The lowest BCUT2D eigenvalue weighted by atomic mass is 9.87. The van der Waals surface area contributed by atoms with Crippen LogP contribution in [-0.4, -0.2) is 24.1 Å². The Morgan fingerprint density at radius 2 is 2.05 bits per heavy atom. The van der Waals surface area contributed by atoms with Crippen molar-refractivity contribution in [1.82, 2.24) is 10.3 Å². The normalized spacial score (nSPS) is 17.3. The first-order valence-electron chi connectivity index (χ1n) is 7.30. The SMILES string of the molecule is CC(N(C)c1cccc(CNC2CC2)n1)C(C)(C)C. The van der Waals surface area contributed by atoms with Gasteiger partial charge >= 0.3 is 0 Å². The highest BCUT2D eigenvalue weighted by Gasteiger charge is 2.25. The molecule has 0 radical (unpaired) electrons. The van der Waals surface area contributed by atoms with Crippen LogP contribution in [0.15, 0.2) is 18.2 Å². The lowest BCUT2D eigenvalue weighted by molar-refractivity contribution is 0.328. The molecular weight excluding hydrogens is 234 g/mol. The zero-order valence-electron chi connectivity index (χ0n) is 12.9. The summed E-state index contributed by atoms with van der Waals surface area (Å²) in [5.41, 5.74) is 1.39. The number of nitrogens with zero attached hydrogens (tertiary/aromatic N) is 2. The lowest BCUT2D eigenvalue weighted by Crippen LogP contribution is -2.39. The van der Waals surface area contributed by atoms with Crippen LogP contribution < -0.4 is 10.2 Å². The second-order valence-corrected chi connectivity index (χ2v) is 6.80. The third-order valence-corrected chi connectivity index (χ3v) is 4.14. The highest BCUT2D eigenvalue weighted by molar-refractivity contribution is 5.39. The average Bonchev–Trinajstić information content (AvgIpc) is 3.18. The summed E-state index contributed by atoms with van der Waals surface area (Å²) >= 11 is 0. The van der Waals surface area contributed by atoms with Crippen molar-refractivity contribution in [2.45, 2.75) is 59.2 Å². The van der Waals surface area contributed by atoms with E-state index in [-0.39, 0.29) is 5.41 Å². The molecule has 2 rings (SSSR count). The molecule has 0 amide bonds. The molecule has 0 spiro atoms. The Bertz CT molecular complexity index is 418. The molecule has 106 valence electrons. The van der Waals surface area contributed by atoms with Gasteiger partial charge in [-0.25, -0.2) is 4.98 Å². The van der Waals surface area contributed by atoms with Crippen molar-refractivity contribution in [2.24, 2.45) is 5.41 Å². The third-order valence-electron chi connectivity index (χ3n) is 4.14. The zero-order valence-corrected chi connectivity index (χ0v) is 12.9. The minimum atomic E-state index is 0.249. The van der Waals surface area contributed by atoms with Gasteiger partial charge in [0.25, 0.3) is 0 Å². The Morgan fingerprint density at radius 1 is 1.37 bits per heavy atom. The molecule has 1 fully saturated rings. The van der Waals surface area contributed by atoms with Gasteiger partial charge in [-0.2, -0.15) is 0 Å². The van der Waals surface area contributed by atoms with E-state index in [1.165, 1.54) is 12.8 Å².